The standard InChI is InChI=1S/C14H17N5OS2/c1-4-5-8(2)12-17-18-13(22-12)16-11(20)10-9(3)15-14-19(10)6-7-21-14/h6-8H,4-5H2,1-3H3,(H,16,18,20). The van der Waals surface area contributed by atoms with Crippen LogP contribution in [0.25, 0.3) is 4.96 Å². The molecule has 1 atom stereocenters. The molecular weight excluding hydrogens is 318 g/mol. The van der Waals surface area contributed by atoms with E-state index in [1.165, 1.54) is 22.7 Å². The quantitative estimate of drug-likeness (QED) is 0.771. The number of hydrogen-bond donors (Lipinski definition) is 1. The normalized spacial score (nSPS) is 12.7. The maximum atomic E-state index is 12.5. The van der Waals surface area contributed by atoms with Crippen molar-refractivity contribution < 1.29 is 4.79 Å². The molecule has 0 saturated heterocycles. The van der Waals surface area contributed by atoms with Gasteiger partial charge in [-0.3, -0.25) is 14.5 Å². The second-order valence-corrected chi connectivity index (χ2v) is 7.07. The van der Waals surface area contributed by atoms with Crippen molar-refractivity contribution in [3.63, 3.8) is 0 Å². The van der Waals surface area contributed by atoms with Crippen molar-refractivity contribution in [2.45, 2.75) is 39.5 Å². The van der Waals surface area contributed by atoms with E-state index >= 15 is 0 Å². The van der Waals surface area contributed by atoms with Gasteiger partial charge in [0.05, 0.1) is 5.69 Å². The summed E-state index contributed by atoms with van der Waals surface area (Å²) in [6.45, 7) is 6.11. The summed E-state index contributed by atoms with van der Waals surface area (Å²) in [6, 6.07) is 0. The number of thiazole rings is 1. The number of amides is 1. The van der Waals surface area contributed by atoms with Crippen LogP contribution >= 0.6 is 22.7 Å². The highest BCUT2D eigenvalue weighted by molar-refractivity contribution is 7.15. The van der Waals surface area contributed by atoms with E-state index in [0.29, 0.717) is 22.4 Å². The van der Waals surface area contributed by atoms with Gasteiger partial charge in [0.15, 0.2) is 4.96 Å². The zero-order valence-corrected chi connectivity index (χ0v) is 14.3. The molecule has 0 aliphatic rings. The minimum Gasteiger partial charge on any atom is -0.295 e. The fraction of sp³-hybridized carbons (Fsp3) is 0.429. The average Bonchev–Trinajstić information content (AvgIpc) is 3.14. The Morgan fingerprint density at radius 2 is 2.27 bits per heavy atom. The SMILES string of the molecule is CCCC(C)c1nnc(NC(=O)c2c(C)nc3sccn23)s1. The van der Waals surface area contributed by atoms with Gasteiger partial charge in [0.25, 0.3) is 5.91 Å². The molecule has 1 amide bonds. The predicted octanol–water partition coefficient (Wildman–Crippen LogP) is 3.71. The van der Waals surface area contributed by atoms with Gasteiger partial charge in [0, 0.05) is 17.5 Å². The van der Waals surface area contributed by atoms with Gasteiger partial charge in [-0.1, -0.05) is 31.6 Å². The fourth-order valence-corrected chi connectivity index (χ4v) is 3.95. The van der Waals surface area contributed by atoms with E-state index in [4.69, 9.17) is 0 Å². The van der Waals surface area contributed by atoms with E-state index < -0.39 is 0 Å². The first kappa shape index (κ1) is 15.1. The summed E-state index contributed by atoms with van der Waals surface area (Å²) >= 11 is 2.94. The minimum absolute atomic E-state index is 0.200. The van der Waals surface area contributed by atoms with Crippen LogP contribution in [0.4, 0.5) is 5.13 Å². The summed E-state index contributed by atoms with van der Waals surface area (Å²) in [7, 11) is 0. The lowest BCUT2D eigenvalue weighted by Crippen LogP contribution is -2.15. The van der Waals surface area contributed by atoms with E-state index in [0.717, 1.165) is 22.8 Å². The predicted molar refractivity (Wildman–Crippen MR) is 89.0 cm³/mol. The molecule has 3 aromatic heterocycles. The molecule has 0 fully saturated rings. The molecule has 8 heteroatoms. The Balaban J connectivity index is 1.80. The first-order chi connectivity index (χ1) is 10.6. The van der Waals surface area contributed by atoms with Crippen molar-refractivity contribution in [3.8, 4) is 0 Å². The molecule has 0 aliphatic heterocycles. The highest BCUT2D eigenvalue weighted by Gasteiger charge is 2.19. The topological polar surface area (TPSA) is 72.2 Å². The van der Waals surface area contributed by atoms with Crippen molar-refractivity contribution in [1.82, 2.24) is 19.6 Å². The first-order valence-corrected chi connectivity index (χ1v) is 8.86. The van der Waals surface area contributed by atoms with Gasteiger partial charge in [-0.25, -0.2) is 4.98 Å². The molecule has 1 N–H and O–H groups in total. The van der Waals surface area contributed by atoms with Crippen LogP contribution in [0.3, 0.4) is 0 Å². The van der Waals surface area contributed by atoms with E-state index in [1.807, 2.05) is 18.5 Å². The van der Waals surface area contributed by atoms with Crippen molar-refractivity contribution in [2.24, 2.45) is 0 Å². The number of nitrogens with zero attached hydrogens (tertiary/aromatic N) is 4. The number of nitrogens with one attached hydrogen (secondary N) is 1. The maximum absolute atomic E-state index is 12.5. The number of fused-ring (bicyclic) bond motifs is 1. The summed E-state index contributed by atoms with van der Waals surface area (Å²) in [5.41, 5.74) is 1.27. The monoisotopic (exact) mass is 335 g/mol. The third kappa shape index (κ3) is 2.76. The molecule has 0 spiro atoms. The van der Waals surface area contributed by atoms with Gasteiger partial charge < -0.3 is 0 Å². The van der Waals surface area contributed by atoms with Crippen LogP contribution in [0.5, 0.6) is 0 Å². The maximum Gasteiger partial charge on any atom is 0.276 e. The number of carbonyl (C=O) groups is 1. The molecule has 0 saturated carbocycles. The third-order valence-electron chi connectivity index (χ3n) is 3.46. The van der Waals surface area contributed by atoms with E-state index in [9.17, 15) is 4.79 Å². The molecule has 0 aliphatic carbocycles. The van der Waals surface area contributed by atoms with Gasteiger partial charge in [0.1, 0.15) is 10.7 Å². The average molecular weight is 335 g/mol. The van der Waals surface area contributed by atoms with Crippen LogP contribution in [0.1, 0.15) is 53.8 Å². The smallest absolute Gasteiger partial charge is 0.276 e. The van der Waals surface area contributed by atoms with Crippen molar-refractivity contribution in [2.75, 3.05) is 5.32 Å². The first-order valence-electron chi connectivity index (χ1n) is 7.17. The fourth-order valence-electron chi connectivity index (χ4n) is 2.36. The molecule has 0 aromatic carbocycles. The number of rotatable bonds is 5. The molecule has 1 unspecified atom stereocenters. The summed E-state index contributed by atoms with van der Waals surface area (Å²) in [4.78, 5) is 17.7. The summed E-state index contributed by atoms with van der Waals surface area (Å²) in [5.74, 6) is 0.169. The molecule has 3 rings (SSSR count). The Morgan fingerprint density at radius 3 is 3.05 bits per heavy atom. The Bertz CT molecular complexity index is 803. The molecule has 116 valence electrons. The Morgan fingerprint density at radius 1 is 1.45 bits per heavy atom. The Kier molecular flexibility index (Phi) is 4.21. The van der Waals surface area contributed by atoms with Gasteiger partial charge in [-0.05, 0) is 13.3 Å². The summed E-state index contributed by atoms with van der Waals surface area (Å²) < 4.78 is 1.80. The largest absolute Gasteiger partial charge is 0.295 e. The zero-order valence-electron chi connectivity index (χ0n) is 12.7. The molecule has 0 bridgehead atoms. The second-order valence-electron chi connectivity index (χ2n) is 5.19. The van der Waals surface area contributed by atoms with E-state index in [2.05, 4.69) is 34.3 Å². The van der Waals surface area contributed by atoms with Gasteiger partial charge in [0.2, 0.25) is 5.13 Å². The summed E-state index contributed by atoms with van der Waals surface area (Å²) in [6.07, 6.45) is 4.02. The highest BCUT2D eigenvalue weighted by atomic mass is 32.1. The lowest BCUT2D eigenvalue weighted by Gasteiger charge is -2.03. The van der Waals surface area contributed by atoms with Crippen LogP contribution in [-0.2, 0) is 0 Å². The van der Waals surface area contributed by atoms with Crippen LogP contribution in [-0.4, -0.2) is 25.5 Å². The molecule has 0 radical (unpaired) electrons. The van der Waals surface area contributed by atoms with Gasteiger partial charge in [-0.2, -0.15) is 0 Å². The lowest BCUT2D eigenvalue weighted by molar-refractivity contribution is 0.102. The van der Waals surface area contributed by atoms with Crippen molar-refractivity contribution in [1.29, 1.82) is 0 Å². The summed E-state index contributed by atoms with van der Waals surface area (Å²) in [5, 5.41) is 14.5. The molecular formula is C14H17N5OS2. The molecule has 22 heavy (non-hydrogen) atoms. The van der Waals surface area contributed by atoms with Gasteiger partial charge in [-0.15, -0.1) is 21.5 Å². The van der Waals surface area contributed by atoms with Gasteiger partial charge >= 0.3 is 0 Å². The van der Waals surface area contributed by atoms with E-state index in [-0.39, 0.29) is 5.91 Å². The second kappa shape index (κ2) is 6.13. The van der Waals surface area contributed by atoms with Crippen LogP contribution in [0, 0.1) is 6.92 Å². The zero-order chi connectivity index (χ0) is 15.7. The number of aryl methyl sites for hydroxylation is 1. The number of hydrogen-bond acceptors (Lipinski definition) is 6. The third-order valence-corrected chi connectivity index (χ3v) is 5.28. The van der Waals surface area contributed by atoms with Crippen LogP contribution in [0.15, 0.2) is 11.6 Å². The number of anilines is 1. The number of aromatic nitrogens is 4. The van der Waals surface area contributed by atoms with Crippen molar-refractivity contribution >= 4 is 38.7 Å². The molecule has 6 nitrogen and oxygen atoms in total. The van der Waals surface area contributed by atoms with Crippen molar-refractivity contribution in [3.05, 3.63) is 28.0 Å². The lowest BCUT2D eigenvalue weighted by atomic mass is 10.1. The Labute approximate surface area is 136 Å². The Hall–Kier alpha value is -1.80. The van der Waals surface area contributed by atoms with Crippen LogP contribution in [0.2, 0.25) is 0 Å². The highest BCUT2D eigenvalue weighted by Crippen LogP contribution is 2.27. The van der Waals surface area contributed by atoms with Crippen LogP contribution < -0.4 is 5.32 Å². The minimum atomic E-state index is -0.200. The number of imidazole rings is 1. The molecule has 3 heterocycles. The van der Waals surface area contributed by atoms with E-state index in [1.54, 1.807) is 4.40 Å². The molecule has 3 aromatic rings. The number of carbonyl (C=O) groups excluding carboxylic acids is 1.